The predicted molar refractivity (Wildman–Crippen MR) is 123 cm³/mol. The molecule has 0 bridgehead atoms. The van der Waals surface area contributed by atoms with Crippen LogP contribution in [0.2, 0.25) is 10.0 Å². The van der Waals surface area contributed by atoms with Crippen molar-refractivity contribution in [2.24, 2.45) is 5.10 Å². The van der Waals surface area contributed by atoms with Crippen LogP contribution in [0.5, 0.6) is 5.75 Å². The van der Waals surface area contributed by atoms with Crippen molar-refractivity contribution in [3.05, 3.63) is 87.9 Å². The van der Waals surface area contributed by atoms with Crippen molar-refractivity contribution >= 4 is 58.5 Å². The molecule has 0 unspecified atom stereocenters. The molecule has 32 heavy (non-hydrogen) atoms. The van der Waals surface area contributed by atoms with Gasteiger partial charge in [-0.2, -0.15) is 5.10 Å². The number of phenols is 1. The fourth-order valence-corrected chi connectivity index (χ4v) is 2.85. The lowest BCUT2D eigenvalue weighted by molar-refractivity contribution is -0.136. The Bertz CT molecular complexity index is 1200. The molecule has 162 valence electrons. The summed E-state index contributed by atoms with van der Waals surface area (Å²) in [6.45, 7) is 0. The molecule has 0 radical (unpaired) electrons. The number of nitrogens with one attached hydrogen (secondary N) is 3. The molecule has 0 aliphatic heterocycles. The molecule has 8 nitrogen and oxygen atoms in total. The summed E-state index contributed by atoms with van der Waals surface area (Å²) in [5.41, 5.74) is 3.09. The van der Waals surface area contributed by atoms with Gasteiger partial charge in [-0.05, 0) is 54.6 Å². The second kappa shape index (κ2) is 10.4. The molecule has 3 aromatic carbocycles. The fraction of sp³-hybridized carbons (Fsp3) is 0. The van der Waals surface area contributed by atoms with E-state index in [-0.39, 0.29) is 22.6 Å². The highest BCUT2D eigenvalue weighted by molar-refractivity contribution is 6.40. The van der Waals surface area contributed by atoms with E-state index in [4.69, 9.17) is 23.2 Å². The Balaban J connectivity index is 1.65. The van der Waals surface area contributed by atoms with Crippen LogP contribution in [0.4, 0.5) is 11.4 Å². The van der Waals surface area contributed by atoms with Gasteiger partial charge in [0.05, 0.1) is 17.5 Å². The number of amides is 3. The van der Waals surface area contributed by atoms with Crippen molar-refractivity contribution in [1.82, 2.24) is 5.43 Å². The highest BCUT2D eigenvalue weighted by Crippen LogP contribution is 2.20. The van der Waals surface area contributed by atoms with Crippen LogP contribution < -0.4 is 16.1 Å². The van der Waals surface area contributed by atoms with E-state index in [1.165, 1.54) is 30.3 Å². The van der Waals surface area contributed by atoms with E-state index in [1.54, 1.807) is 36.4 Å². The van der Waals surface area contributed by atoms with Crippen LogP contribution in [0.3, 0.4) is 0 Å². The summed E-state index contributed by atoms with van der Waals surface area (Å²) < 4.78 is 0. The van der Waals surface area contributed by atoms with Gasteiger partial charge in [-0.3, -0.25) is 14.4 Å². The van der Waals surface area contributed by atoms with Crippen molar-refractivity contribution < 1.29 is 19.5 Å². The lowest BCUT2D eigenvalue weighted by Gasteiger charge is -2.11. The van der Waals surface area contributed by atoms with E-state index < -0.39 is 17.7 Å². The zero-order valence-corrected chi connectivity index (χ0v) is 17.8. The van der Waals surface area contributed by atoms with Crippen molar-refractivity contribution in [3.8, 4) is 5.75 Å². The maximum absolute atomic E-state index is 12.6. The Kier molecular flexibility index (Phi) is 7.43. The number of benzene rings is 3. The number of phenolic OH excluding ortho intramolecular Hbond substituents is 1. The summed E-state index contributed by atoms with van der Waals surface area (Å²) in [7, 11) is 0. The molecular weight excluding hydrogens is 455 g/mol. The number of anilines is 2. The maximum Gasteiger partial charge on any atom is 0.329 e. The number of halogens is 2. The Hall–Kier alpha value is -3.88. The van der Waals surface area contributed by atoms with Gasteiger partial charge in [0.1, 0.15) is 5.75 Å². The van der Waals surface area contributed by atoms with Gasteiger partial charge in [0.25, 0.3) is 5.91 Å². The van der Waals surface area contributed by atoms with Crippen LogP contribution in [-0.2, 0) is 9.59 Å². The number of carbonyl (C=O) groups excluding carboxylic acids is 3. The number of hydrazone groups is 1. The van der Waals surface area contributed by atoms with E-state index in [2.05, 4.69) is 15.7 Å². The first-order valence-corrected chi connectivity index (χ1v) is 9.88. The second-order valence-corrected chi connectivity index (χ2v) is 7.24. The molecule has 0 aromatic heterocycles. The highest BCUT2D eigenvalue weighted by atomic mass is 35.5. The first-order valence-electron chi connectivity index (χ1n) is 9.12. The molecule has 0 spiro atoms. The summed E-state index contributed by atoms with van der Waals surface area (Å²) in [5, 5.41) is 19.3. The molecular formula is C22H16Cl2N4O4. The van der Waals surface area contributed by atoms with Crippen LogP contribution in [0.25, 0.3) is 0 Å². The Morgan fingerprint density at radius 1 is 0.844 bits per heavy atom. The van der Waals surface area contributed by atoms with E-state index >= 15 is 0 Å². The SMILES string of the molecule is O=C(N/N=C\c1cc(Cl)ccc1O)C(=O)Nc1ccccc1C(=O)Nc1ccc(Cl)cc1. The minimum atomic E-state index is -1.07. The summed E-state index contributed by atoms with van der Waals surface area (Å²) in [4.78, 5) is 36.9. The third kappa shape index (κ3) is 6.07. The number of hydrogen-bond acceptors (Lipinski definition) is 5. The number of rotatable bonds is 5. The summed E-state index contributed by atoms with van der Waals surface area (Å²) in [6, 6.07) is 17.0. The normalized spacial score (nSPS) is 10.6. The zero-order valence-electron chi connectivity index (χ0n) is 16.3. The van der Waals surface area contributed by atoms with Crippen LogP contribution in [-0.4, -0.2) is 29.0 Å². The highest BCUT2D eigenvalue weighted by Gasteiger charge is 2.18. The summed E-state index contributed by atoms with van der Waals surface area (Å²) >= 11 is 11.7. The minimum Gasteiger partial charge on any atom is -0.507 e. The number of hydrogen-bond donors (Lipinski definition) is 4. The fourth-order valence-electron chi connectivity index (χ4n) is 2.54. The molecule has 0 heterocycles. The first kappa shape index (κ1) is 22.8. The molecule has 0 saturated heterocycles. The van der Waals surface area contributed by atoms with E-state index in [0.717, 1.165) is 6.21 Å². The van der Waals surface area contributed by atoms with Gasteiger partial charge in [-0.1, -0.05) is 35.3 Å². The number of carbonyl (C=O) groups is 3. The van der Waals surface area contributed by atoms with Crippen molar-refractivity contribution in [1.29, 1.82) is 0 Å². The minimum absolute atomic E-state index is 0.0996. The largest absolute Gasteiger partial charge is 0.507 e. The molecule has 0 fully saturated rings. The summed E-state index contributed by atoms with van der Waals surface area (Å²) in [6.07, 6.45) is 1.14. The van der Waals surface area contributed by atoms with E-state index in [0.29, 0.717) is 15.7 Å². The predicted octanol–water partition coefficient (Wildman–Crippen LogP) is 4.04. The zero-order chi connectivity index (χ0) is 23.1. The number of para-hydroxylation sites is 1. The monoisotopic (exact) mass is 470 g/mol. The molecule has 3 aromatic rings. The van der Waals surface area contributed by atoms with Gasteiger partial charge in [-0.25, -0.2) is 5.43 Å². The quantitative estimate of drug-likeness (QED) is 0.255. The Labute approximate surface area is 192 Å². The molecule has 0 saturated carbocycles. The average Bonchev–Trinajstić information content (AvgIpc) is 2.78. The van der Waals surface area contributed by atoms with Gasteiger partial charge in [0.15, 0.2) is 0 Å². The van der Waals surface area contributed by atoms with Crippen LogP contribution in [0.15, 0.2) is 71.8 Å². The van der Waals surface area contributed by atoms with E-state index in [1.807, 2.05) is 5.43 Å². The van der Waals surface area contributed by atoms with Crippen molar-refractivity contribution in [2.75, 3.05) is 10.6 Å². The molecule has 4 N–H and O–H groups in total. The lowest BCUT2D eigenvalue weighted by Crippen LogP contribution is -2.33. The van der Waals surface area contributed by atoms with Crippen LogP contribution >= 0.6 is 23.2 Å². The topological polar surface area (TPSA) is 120 Å². The van der Waals surface area contributed by atoms with Crippen LogP contribution in [0.1, 0.15) is 15.9 Å². The van der Waals surface area contributed by atoms with Gasteiger partial charge < -0.3 is 15.7 Å². The number of aromatic hydroxyl groups is 1. The lowest BCUT2D eigenvalue weighted by atomic mass is 10.1. The third-order valence-corrected chi connectivity index (χ3v) is 4.57. The van der Waals surface area contributed by atoms with E-state index in [9.17, 15) is 19.5 Å². The number of nitrogens with zero attached hydrogens (tertiary/aromatic N) is 1. The molecule has 10 heteroatoms. The molecule has 0 aliphatic rings. The molecule has 0 aliphatic carbocycles. The third-order valence-electron chi connectivity index (χ3n) is 4.09. The Morgan fingerprint density at radius 3 is 2.28 bits per heavy atom. The smallest absolute Gasteiger partial charge is 0.329 e. The van der Waals surface area contributed by atoms with Gasteiger partial charge in [0.2, 0.25) is 0 Å². The molecule has 0 atom stereocenters. The van der Waals surface area contributed by atoms with Gasteiger partial charge in [0, 0.05) is 21.3 Å². The average molecular weight is 471 g/mol. The maximum atomic E-state index is 12.6. The van der Waals surface area contributed by atoms with Crippen LogP contribution in [0, 0.1) is 0 Å². The van der Waals surface area contributed by atoms with Gasteiger partial charge >= 0.3 is 11.8 Å². The van der Waals surface area contributed by atoms with Gasteiger partial charge in [-0.15, -0.1) is 0 Å². The summed E-state index contributed by atoms with van der Waals surface area (Å²) in [5.74, 6) is -2.70. The van der Waals surface area contributed by atoms with Crippen molar-refractivity contribution in [3.63, 3.8) is 0 Å². The standard InChI is InChI=1S/C22H16Cl2N4O4/c23-14-5-8-16(9-6-14)26-20(30)17-3-1-2-4-18(17)27-21(31)22(32)28-25-12-13-11-15(24)7-10-19(13)29/h1-12,29H,(H,26,30)(H,27,31)(H,28,32)/b25-12-. The first-order chi connectivity index (χ1) is 15.3. The molecule has 3 rings (SSSR count). The second-order valence-electron chi connectivity index (χ2n) is 6.36. The Morgan fingerprint density at radius 2 is 1.53 bits per heavy atom. The molecule has 3 amide bonds. The van der Waals surface area contributed by atoms with Crippen molar-refractivity contribution in [2.45, 2.75) is 0 Å².